The van der Waals surface area contributed by atoms with E-state index in [0.29, 0.717) is 11.7 Å². The van der Waals surface area contributed by atoms with Crippen LogP contribution in [0.2, 0.25) is 0 Å². The molecule has 2 N–H and O–H groups in total. The average molecular weight is 218 g/mol. The summed E-state index contributed by atoms with van der Waals surface area (Å²) in [6.07, 6.45) is 2.29. The summed E-state index contributed by atoms with van der Waals surface area (Å²) in [5.41, 5.74) is 2.46. The molecule has 2 aromatic heterocycles. The summed E-state index contributed by atoms with van der Waals surface area (Å²) in [5, 5.41) is 6.51. The van der Waals surface area contributed by atoms with Crippen LogP contribution in [0.25, 0.3) is 5.65 Å². The number of H-pyrrole nitrogens is 1. The number of fused-ring (bicyclic) bond motifs is 1. The summed E-state index contributed by atoms with van der Waals surface area (Å²) >= 11 is 0. The molecule has 1 atom stereocenters. The van der Waals surface area contributed by atoms with Crippen molar-refractivity contribution in [3.8, 4) is 0 Å². The summed E-state index contributed by atoms with van der Waals surface area (Å²) in [6.45, 7) is 2.88. The van der Waals surface area contributed by atoms with Crippen LogP contribution in [0, 0.1) is 6.92 Å². The molecule has 0 amide bonds. The Morgan fingerprint density at radius 1 is 1.50 bits per heavy atom. The van der Waals surface area contributed by atoms with Crippen molar-refractivity contribution in [3.05, 3.63) is 33.9 Å². The number of hydrogen-bond donors (Lipinski definition) is 2. The molecule has 1 unspecified atom stereocenters. The zero-order valence-corrected chi connectivity index (χ0v) is 9.16. The van der Waals surface area contributed by atoms with E-state index in [2.05, 4.69) is 15.4 Å². The Kier molecular flexibility index (Phi) is 2.07. The van der Waals surface area contributed by atoms with Crippen molar-refractivity contribution in [2.24, 2.45) is 0 Å². The lowest BCUT2D eigenvalue weighted by atomic mass is 10.2. The molecule has 1 aliphatic rings. The van der Waals surface area contributed by atoms with Gasteiger partial charge in [-0.05, 0) is 26.3 Å². The molecular weight excluding hydrogens is 204 g/mol. The van der Waals surface area contributed by atoms with Crippen LogP contribution in [-0.2, 0) is 0 Å². The normalized spacial score (nSPS) is 20.7. The molecule has 5 nitrogen and oxygen atoms in total. The van der Waals surface area contributed by atoms with Gasteiger partial charge in [-0.1, -0.05) is 0 Å². The summed E-state index contributed by atoms with van der Waals surface area (Å²) in [5.74, 6) is 0. The summed E-state index contributed by atoms with van der Waals surface area (Å²) in [7, 11) is 0. The average Bonchev–Trinajstić information content (AvgIpc) is 2.82. The molecule has 0 spiro atoms. The van der Waals surface area contributed by atoms with E-state index in [9.17, 15) is 4.79 Å². The van der Waals surface area contributed by atoms with E-state index in [-0.39, 0.29) is 5.56 Å². The van der Waals surface area contributed by atoms with Crippen molar-refractivity contribution in [3.63, 3.8) is 0 Å². The van der Waals surface area contributed by atoms with Crippen LogP contribution in [0.5, 0.6) is 0 Å². The van der Waals surface area contributed by atoms with Gasteiger partial charge in [0.2, 0.25) is 0 Å². The Hall–Kier alpha value is -1.62. The number of aromatic amines is 1. The van der Waals surface area contributed by atoms with Gasteiger partial charge in [0.15, 0.2) is 5.65 Å². The van der Waals surface area contributed by atoms with Crippen LogP contribution in [0.15, 0.2) is 16.9 Å². The highest BCUT2D eigenvalue weighted by Crippen LogP contribution is 2.21. The molecule has 3 heterocycles. The standard InChI is InChI=1S/C11H14N4O/c1-7-5-11(16)15-10(13-7)6-9(14-15)8-3-2-4-12-8/h5-6,8,12,14H,2-4H2,1H3. The van der Waals surface area contributed by atoms with Crippen LogP contribution in [0.1, 0.15) is 30.3 Å². The van der Waals surface area contributed by atoms with Gasteiger partial charge in [0.05, 0.1) is 5.69 Å². The third-order valence-electron chi connectivity index (χ3n) is 3.03. The van der Waals surface area contributed by atoms with E-state index in [1.807, 2.05) is 13.0 Å². The molecule has 16 heavy (non-hydrogen) atoms. The molecule has 0 radical (unpaired) electrons. The second-order valence-electron chi connectivity index (χ2n) is 4.29. The molecular formula is C11H14N4O. The largest absolute Gasteiger partial charge is 0.309 e. The lowest BCUT2D eigenvalue weighted by Crippen LogP contribution is -2.16. The van der Waals surface area contributed by atoms with Gasteiger partial charge in [-0.2, -0.15) is 0 Å². The molecule has 3 rings (SSSR count). The van der Waals surface area contributed by atoms with Crippen LogP contribution < -0.4 is 10.9 Å². The molecule has 0 aliphatic carbocycles. The molecule has 1 aliphatic heterocycles. The van der Waals surface area contributed by atoms with E-state index in [0.717, 1.165) is 24.4 Å². The maximum Gasteiger partial charge on any atom is 0.272 e. The third kappa shape index (κ3) is 1.44. The first kappa shape index (κ1) is 9.59. The molecule has 84 valence electrons. The van der Waals surface area contributed by atoms with Crippen LogP contribution >= 0.6 is 0 Å². The molecule has 1 saturated heterocycles. The zero-order chi connectivity index (χ0) is 11.1. The van der Waals surface area contributed by atoms with Crippen molar-refractivity contribution >= 4 is 5.65 Å². The Morgan fingerprint density at radius 3 is 3.12 bits per heavy atom. The predicted octanol–water partition coefficient (Wildman–Crippen LogP) is 0.756. The highest BCUT2D eigenvalue weighted by atomic mass is 16.1. The van der Waals surface area contributed by atoms with E-state index < -0.39 is 0 Å². The van der Waals surface area contributed by atoms with E-state index in [1.54, 1.807) is 0 Å². The van der Waals surface area contributed by atoms with Gasteiger partial charge in [-0.3, -0.25) is 9.89 Å². The predicted molar refractivity (Wildman–Crippen MR) is 60.5 cm³/mol. The Bertz CT molecular complexity index is 577. The minimum Gasteiger partial charge on any atom is -0.309 e. The second-order valence-corrected chi connectivity index (χ2v) is 4.29. The van der Waals surface area contributed by atoms with Gasteiger partial charge in [-0.25, -0.2) is 9.50 Å². The van der Waals surface area contributed by atoms with E-state index >= 15 is 0 Å². The Balaban J connectivity index is 2.15. The van der Waals surface area contributed by atoms with Gasteiger partial charge >= 0.3 is 0 Å². The third-order valence-corrected chi connectivity index (χ3v) is 3.03. The maximum absolute atomic E-state index is 11.7. The fourth-order valence-corrected chi connectivity index (χ4v) is 2.26. The number of aromatic nitrogens is 3. The van der Waals surface area contributed by atoms with Crippen molar-refractivity contribution in [1.82, 2.24) is 19.9 Å². The molecule has 0 saturated carbocycles. The summed E-state index contributed by atoms with van der Waals surface area (Å²) in [6, 6.07) is 3.83. The SMILES string of the molecule is Cc1cc(=O)n2[nH]c(C3CCCN3)cc2n1. The van der Waals surface area contributed by atoms with Gasteiger partial charge < -0.3 is 5.32 Å². The Morgan fingerprint density at radius 2 is 2.38 bits per heavy atom. The number of nitrogens with one attached hydrogen (secondary N) is 2. The minimum atomic E-state index is -0.0493. The van der Waals surface area contributed by atoms with Crippen molar-refractivity contribution < 1.29 is 0 Å². The fraction of sp³-hybridized carbons (Fsp3) is 0.455. The first-order chi connectivity index (χ1) is 7.74. The van der Waals surface area contributed by atoms with Gasteiger partial charge in [-0.15, -0.1) is 0 Å². The second kappa shape index (κ2) is 3.45. The highest BCUT2D eigenvalue weighted by molar-refractivity contribution is 5.40. The van der Waals surface area contributed by atoms with Gasteiger partial charge in [0.1, 0.15) is 0 Å². The van der Waals surface area contributed by atoms with Crippen LogP contribution in [0.3, 0.4) is 0 Å². The topological polar surface area (TPSA) is 62.2 Å². The number of rotatable bonds is 1. The molecule has 1 fully saturated rings. The van der Waals surface area contributed by atoms with E-state index in [4.69, 9.17) is 0 Å². The smallest absolute Gasteiger partial charge is 0.272 e. The fourth-order valence-electron chi connectivity index (χ4n) is 2.26. The van der Waals surface area contributed by atoms with Crippen molar-refractivity contribution in [2.45, 2.75) is 25.8 Å². The lowest BCUT2D eigenvalue weighted by Gasteiger charge is -2.05. The van der Waals surface area contributed by atoms with Crippen molar-refractivity contribution in [2.75, 3.05) is 6.54 Å². The van der Waals surface area contributed by atoms with Gasteiger partial charge in [0, 0.05) is 23.9 Å². The maximum atomic E-state index is 11.7. The minimum absolute atomic E-state index is 0.0493. The zero-order valence-electron chi connectivity index (χ0n) is 9.16. The lowest BCUT2D eigenvalue weighted by molar-refractivity contribution is 0.618. The monoisotopic (exact) mass is 218 g/mol. The number of aryl methyl sites for hydroxylation is 1. The quantitative estimate of drug-likeness (QED) is 0.742. The molecule has 5 heteroatoms. The van der Waals surface area contributed by atoms with Crippen LogP contribution in [0.4, 0.5) is 0 Å². The number of hydrogen-bond acceptors (Lipinski definition) is 3. The number of nitrogens with zero attached hydrogens (tertiary/aromatic N) is 2. The first-order valence-corrected chi connectivity index (χ1v) is 5.57. The Labute approximate surface area is 92.5 Å². The van der Waals surface area contributed by atoms with E-state index in [1.165, 1.54) is 17.0 Å². The first-order valence-electron chi connectivity index (χ1n) is 5.57. The molecule has 0 aromatic carbocycles. The summed E-state index contributed by atoms with van der Waals surface area (Å²) < 4.78 is 1.50. The highest BCUT2D eigenvalue weighted by Gasteiger charge is 2.18. The summed E-state index contributed by atoms with van der Waals surface area (Å²) in [4.78, 5) is 16.0. The molecule has 0 bridgehead atoms. The van der Waals surface area contributed by atoms with Gasteiger partial charge in [0.25, 0.3) is 5.56 Å². The van der Waals surface area contributed by atoms with Crippen molar-refractivity contribution in [1.29, 1.82) is 0 Å². The van der Waals surface area contributed by atoms with Crippen LogP contribution in [-0.4, -0.2) is 21.1 Å². The molecule has 2 aromatic rings.